The zero-order valence-corrected chi connectivity index (χ0v) is 9.54. The average Bonchev–Trinajstić information content (AvgIpc) is 2.45. The van der Waals surface area contributed by atoms with Gasteiger partial charge in [0.15, 0.2) is 6.20 Å². The number of aromatic nitrogens is 1. The van der Waals surface area contributed by atoms with Gasteiger partial charge in [0.05, 0.1) is 4.88 Å². The molecule has 0 N–H and O–H groups in total. The summed E-state index contributed by atoms with van der Waals surface area (Å²) in [7, 11) is -6.00. The lowest BCUT2D eigenvalue weighted by Crippen LogP contribution is -2.29. The Kier molecular flexibility index (Phi) is 6.55. The molecule has 15 heavy (non-hydrogen) atoms. The first-order chi connectivity index (χ1) is 6.83. The van der Waals surface area contributed by atoms with Crippen molar-refractivity contribution in [2.75, 3.05) is 0 Å². The highest BCUT2D eigenvalue weighted by Crippen LogP contribution is 2.06. The maximum atomic E-state index is 9.75. The second-order valence-corrected chi connectivity index (χ2v) is 4.14. The Hall–Kier alpha value is -0.585. The average molecular weight is 243 g/mol. The van der Waals surface area contributed by atoms with Gasteiger partial charge < -0.3 is 17.3 Å². The van der Waals surface area contributed by atoms with Gasteiger partial charge in [-0.1, -0.05) is 24.7 Å². The van der Waals surface area contributed by atoms with Crippen molar-refractivity contribution >= 4 is 18.6 Å². The van der Waals surface area contributed by atoms with Crippen LogP contribution in [0, 0.1) is 6.92 Å². The molecule has 88 valence electrons. The van der Waals surface area contributed by atoms with Crippen molar-refractivity contribution in [2.45, 2.75) is 33.2 Å². The molecule has 0 atom stereocenters. The predicted molar refractivity (Wildman–Crippen MR) is 54.3 cm³/mol. The van der Waals surface area contributed by atoms with E-state index in [1.807, 2.05) is 11.3 Å². The Morgan fingerprint density at radius 1 is 1.33 bits per heavy atom. The molecule has 0 amide bonds. The summed E-state index contributed by atoms with van der Waals surface area (Å²) >= 11 is 1.82. The van der Waals surface area contributed by atoms with E-state index in [2.05, 4.69) is 30.1 Å². The number of aryl methyl sites for hydroxylation is 2. The Balaban J connectivity index is 0.000000336. The summed E-state index contributed by atoms with van der Waals surface area (Å²) in [5, 5.41) is 0. The van der Waals surface area contributed by atoms with Gasteiger partial charge in [-0.3, -0.25) is 0 Å². The largest absolute Gasteiger partial charge is 0.673 e. The Labute approximate surface area is 90.8 Å². The molecular weight excluding hydrogens is 229 g/mol. The lowest BCUT2D eigenvalue weighted by atomic mass is 10.3. The van der Waals surface area contributed by atoms with Crippen molar-refractivity contribution in [3.8, 4) is 0 Å². The summed E-state index contributed by atoms with van der Waals surface area (Å²) in [5.41, 5.74) is 2.19. The van der Waals surface area contributed by atoms with Crippen molar-refractivity contribution in [2.24, 2.45) is 0 Å². The molecule has 0 bridgehead atoms. The molecule has 1 aromatic rings. The fraction of sp³-hybridized carbons (Fsp3) is 0.625. The molecule has 0 aliphatic heterocycles. The first kappa shape index (κ1) is 14.4. The van der Waals surface area contributed by atoms with Crippen LogP contribution in [0.2, 0.25) is 0 Å². The zero-order valence-electron chi connectivity index (χ0n) is 8.72. The third kappa shape index (κ3) is 11.3. The molecule has 1 rings (SSSR count). The number of thiazole rings is 1. The summed E-state index contributed by atoms with van der Waals surface area (Å²) in [6.07, 6.45) is 4.78. The van der Waals surface area contributed by atoms with E-state index in [9.17, 15) is 17.3 Å². The molecule has 0 fully saturated rings. The van der Waals surface area contributed by atoms with Crippen LogP contribution in [0.5, 0.6) is 0 Å². The van der Waals surface area contributed by atoms with Gasteiger partial charge >= 0.3 is 7.25 Å². The van der Waals surface area contributed by atoms with Crippen molar-refractivity contribution in [1.29, 1.82) is 0 Å². The van der Waals surface area contributed by atoms with Crippen LogP contribution < -0.4 is 4.57 Å². The van der Waals surface area contributed by atoms with Crippen LogP contribution in [0.15, 0.2) is 11.7 Å². The summed E-state index contributed by atoms with van der Waals surface area (Å²) in [4.78, 5) is 1.40. The minimum Gasteiger partial charge on any atom is -0.418 e. The van der Waals surface area contributed by atoms with Gasteiger partial charge in [0, 0.05) is 6.42 Å². The highest BCUT2D eigenvalue weighted by atomic mass is 32.1. The van der Waals surface area contributed by atoms with Crippen molar-refractivity contribution in [3.63, 3.8) is 0 Å². The summed E-state index contributed by atoms with van der Waals surface area (Å²) in [6, 6.07) is 0. The summed E-state index contributed by atoms with van der Waals surface area (Å²) < 4.78 is 41.3. The number of hydrogen-bond acceptors (Lipinski definition) is 1. The van der Waals surface area contributed by atoms with Crippen molar-refractivity contribution < 1.29 is 21.8 Å². The van der Waals surface area contributed by atoms with E-state index in [0.717, 1.165) is 0 Å². The summed E-state index contributed by atoms with van der Waals surface area (Å²) in [6.45, 7) is 5.55. The monoisotopic (exact) mass is 243 g/mol. The minimum absolute atomic E-state index is 1.18. The van der Waals surface area contributed by atoms with Gasteiger partial charge in [-0.05, 0) is 6.92 Å². The second-order valence-electron chi connectivity index (χ2n) is 3.05. The molecule has 7 heteroatoms. The van der Waals surface area contributed by atoms with Crippen LogP contribution in [0.1, 0.15) is 24.6 Å². The van der Waals surface area contributed by atoms with E-state index in [0.29, 0.717) is 0 Å². The molecule has 0 saturated carbocycles. The highest BCUT2D eigenvalue weighted by molar-refractivity contribution is 7.09. The Bertz CT molecular complexity index is 268. The molecule has 1 aromatic heterocycles. The van der Waals surface area contributed by atoms with E-state index in [1.54, 1.807) is 0 Å². The lowest BCUT2D eigenvalue weighted by molar-refractivity contribution is -0.692. The Morgan fingerprint density at radius 2 is 1.87 bits per heavy atom. The minimum atomic E-state index is -6.00. The lowest BCUT2D eigenvalue weighted by Gasteiger charge is -1.94. The normalized spacial score (nSPS) is 10.8. The van der Waals surface area contributed by atoms with Crippen LogP contribution in [0.3, 0.4) is 0 Å². The summed E-state index contributed by atoms with van der Waals surface area (Å²) in [5.74, 6) is 0. The van der Waals surface area contributed by atoms with Crippen LogP contribution in [-0.2, 0) is 6.54 Å². The van der Waals surface area contributed by atoms with E-state index in [4.69, 9.17) is 0 Å². The molecule has 0 aliphatic carbocycles. The van der Waals surface area contributed by atoms with Gasteiger partial charge in [0.25, 0.3) is 0 Å². The fourth-order valence-electron chi connectivity index (χ4n) is 0.903. The molecule has 0 aromatic carbocycles. The van der Waals surface area contributed by atoms with Crippen LogP contribution >= 0.6 is 11.3 Å². The molecule has 0 unspecified atom stereocenters. The second kappa shape index (κ2) is 6.82. The molecule has 0 spiro atoms. The number of rotatable bonds is 3. The number of nitrogens with zero attached hydrogens (tertiary/aromatic N) is 1. The smallest absolute Gasteiger partial charge is 0.418 e. The molecule has 1 heterocycles. The number of hydrogen-bond donors (Lipinski definition) is 0. The SMILES string of the molecule is CCCC[n+]1csc(C)c1.F[B-](F)(F)F. The first-order valence-corrected chi connectivity index (χ1v) is 5.52. The first-order valence-electron chi connectivity index (χ1n) is 4.64. The molecule has 0 radical (unpaired) electrons. The maximum absolute atomic E-state index is 9.75. The van der Waals surface area contributed by atoms with Gasteiger partial charge in [-0.2, -0.15) is 4.57 Å². The predicted octanol–water partition coefficient (Wildman–Crippen LogP) is 3.44. The quantitative estimate of drug-likeness (QED) is 0.435. The van der Waals surface area contributed by atoms with Gasteiger partial charge in [0.1, 0.15) is 6.54 Å². The van der Waals surface area contributed by atoms with E-state index in [-0.39, 0.29) is 0 Å². The zero-order chi connectivity index (χ0) is 11.9. The van der Waals surface area contributed by atoms with Crippen molar-refractivity contribution in [3.05, 3.63) is 16.6 Å². The standard InChI is InChI=1S/C8H14NS.BF4/c1-3-4-5-9-6-8(2)10-7-9;2-1(3,4)5/h6-7H,3-5H2,1-2H3;/q+1;-1. The van der Waals surface area contributed by atoms with Crippen molar-refractivity contribution in [1.82, 2.24) is 0 Å². The van der Waals surface area contributed by atoms with Crippen LogP contribution in [0.25, 0.3) is 0 Å². The maximum Gasteiger partial charge on any atom is 0.673 e. The van der Waals surface area contributed by atoms with Gasteiger partial charge in [-0.15, -0.1) is 0 Å². The van der Waals surface area contributed by atoms with E-state index < -0.39 is 7.25 Å². The topological polar surface area (TPSA) is 3.88 Å². The fourth-order valence-corrected chi connectivity index (χ4v) is 1.57. The number of halogens is 4. The van der Waals surface area contributed by atoms with E-state index in [1.165, 1.54) is 24.3 Å². The van der Waals surface area contributed by atoms with Gasteiger partial charge in [0.2, 0.25) is 5.51 Å². The highest BCUT2D eigenvalue weighted by Gasteiger charge is 2.20. The van der Waals surface area contributed by atoms with E-state index >= 15 is 0 Å². The number of unbranched alkanes of at least 4 members (excludes halogenated alkanes) is 1. The third-order valence-corrected chi connectivity index (χ3v) is 2.34. The molecule has 0 aliphatic rings. The Morgan fingerprint density at radius 3 is 2.20 bits per heavy atom. The third-order valence-electron chi connectivity index (χ3n) is 1.49. The van der Waals surface area contributed by atoms with Gasteiger partial charge in [-0.25, -0.2) is 0 Å². The van der Waals surface area contributed by atoms with Crippen LogP contribution in [-0.4, -0.2) is 7.25 Å². The van der Waals surface area contributed by atoms with Crippen LogP contribution in [0.4, 0.5) is 17.3 Å². The molecular formula is C8H14BF4NS. The molecule has 0 saturated heterocycles. The molecule has 1 nitrogen and oxygen atoms in total.